The summed E-state index contributed by atoms with van der Waals surface area (Å²) in [6.07, 6.45) is 0. The Morgan fingerprint density at radius 1 is 1.19 bits per heavy atom. The molecule has 3 amide bonds. The molecule has 114 valence electrons. The molecular weight excluding hydrogens is 273 g/mol. The second-order valence-corrected chi connectivity index (χ2v) is 5.08. The Bertz CT molecular complexity index is 540. The number of urea groups is 1. The molecule has 1 aromatic rings. The Morgan fingerprint density at radius 3 is 2.38 bits per heavy atom. The van der Waals surface area contributed by atoms with Gasteiger partial charge in [0.15, 0.2) is 0 Å². The summed E-state index contributed by atoms with van der Waals surface area (Å²) in [7, 11) is 0. The predicted molar refractivity (Wildman–Crippen MR) is 77.7 cm³/mol. The molecule has 2 rings (SSSR count). The van der Waals surface area contributed by atoms with Crippen LogP contribution in [0.25, 0.3) is 0 Å². The molecule has 5 nitrogen and oxygen atoms in total. The first-order valence-electron chi connectivity index (χ1n) is 7.11. The molecule has 21 heavy (non-hydrogen) atoms. The fourth-order valence-corrected chi connectivity index (χ4v) is 2.34. The zero-order valence-corrected chi connectivity index (χ0v) is 12.4. The van der Waals surface area contributed by atoms with Crippen LogP contribution >= 0.6 is 0 Å². The van der Waals surface area contributed by atoms with Crippen molar-refractivity contribution in [1.82, 2.24) is 15.1 Å². The molecule has 1 aliphatic rings. The summed E-state index contributed by atoms with van der Waals surface area (Å²) in [5.41, 5.74) is 0.946. The summed E-state index contributed by atoms with van der Waals surface area (Å²) in [4.78, 5) is 27.4. The number of benzene rings is 1. The van der Waals surface area contributed by atoms with Crippen LogP contribution in [0.4, 0.5) is 9.18 Å². The summed E-state index contributed by atoms with van der Waals surface area (Å²) < 4.78 is 13.2. The van der Waals surface area contributed by atoms with Gasteiger partial charge in [-0.3, -0.25) is 4.79 Å². The monoisotopic (exact) mass is 293 g/mol. The molecule has 0 unspecified atom stereocenters. The van der Waals surface area contributed by atoms with Gasteiger partial charge in [0.1, 0.15) is 5.82 Å². The molecule has 1 saturated heterocycles. The molecule has 0 bridgehead atoms. The fraction of sp³-hybridized carbons (Fsp3) is 0.467. The van der Waals surface area contributed by atoms with Crippen molar-refractivity contribution in [2.24, 2.45) is 0 Å². The van der Waals surface area contributed by atoms with Crippen molar-refractivity contribution >= 4 is 11.9 Å². The first kappa shape index (κ1) is 15.3. The number of carbonyl (C=O) groups is 2. The van der Waals surface area contributed by atoms with Crippen molar-refractivity contribution in [3.05, 3.63) is 35.1 Å². The van der Waals surface area contributed by atoms with Crippen LogP contribution in [0.3, 0.4) is 0 Å². The van der Waals surface area contributed by atoms with Gasteiger partial charge in [0.2, 0.25) is 0 Å². The van der Waals surface area contributed by atoms with E-state index in [1.807, 2.05) is 6.92 Å². The summed E-state index contributed by atoms with van der Waals surface area (Å²) in [6.45, 7) is 6.11. The lowest BCUT2D eigenvalue weighted by molar-refractivity contribution is 0.0665. The second kappa shape index (κ2) is 6.56. The molecule has 1 aromatic carbocycles. The molecule has 0 spiro atoms. The van der Waals surface area contributed by atoms with Gasteiger partial charge in [0.05, 0.1) is 0 Å². The van der Waals surface area contributed by atoms with Crippen LogP contribution < -0.4 is 5.32 Å². The summed E-state index contributed by atoms with van der Waals surface area (Å²) >= 11 is 0. The van der Waals surface area contributed by atoms with Crippen molar-refractivity contribution in [3.63, 3.8) is 0 Å². The summed E-state index contributed by atoms with van der Waals surface area (Å²) in [5.74, 6) is -0.429. The van der Waals surface area contributed by atoms with E-state index in [1.165, 1.54) is 12.1 Å². The Kier molecular flexibility index (Phi) is 4.77. The van der Waals surface area contributed by atoms with E-state index in [-0.39, 0.29) is 17.8 Å². The number of halogens is 1. The van der Waals surface area contributed by atoms with Crippen LogP contribution in [-0.4, -0.2) is 54.5 Å². The van der Waals surface area contributed by atoms with Gasteiger partial charge < -0.3 is 15.1 Å². The van der Waals surface area contributed by atoms with Crippen LogP contribution in [0, 0.1) is 12.7 Å². The number of aryl methyl sites for hydroxylation is 1. The Labute approximate surface area is 123 Å². The lowest BCUT2D eigenvalue weighted by Crippen LogP contribution is -2.53. The van der Waals surface area contributed by atoms with E-state index < -0.39 is 0 Å². The van der Waals surface area contributed by atoms with E-state index in [0.717, 1.165) is 0 Å². The minimum absolute atomic E-state index is 0.0952. The molecule has 0 radical (unpaired) electrons. The average Bonchev–Trinajstić information content (AvgIpc) is 2.50. The SMILES string of the molecule is CCNC(=O)N1CCN(C(=O)c2ccc(F)c(C)c2)CC1. The second-order valence-electron chi connectivity index (χ2n) is 5.08. The highest BCUT2D eigenvalue weighted by molar-refractivity contribution is 5.94. The molecule has 1 fully saturated rings. The van der Waals surface area contributed by atoms with Gasteiger partial charge in [-0.2, -0.15) is 0 Å². The zero-order valence-electron chi connectivity index (χ0n) is 12.4. The van der Waals surface area contributed by atoms with E-state index in [0.29, 0.717) is 43.9 Å². The van der Waals surface area contributed by atoms with Gasteiger partial charge in [0.25, 0.3) is 5.91 Å². The molecule has 0 aliphatic carbocycles. The third-order valence-corrected chi connectivity index (χ3v) is 3.59. The van der Waals surface area contributed by atoms with Crippen molar-refractivity contribution in [3.8, 4) is 0 Å². The Morgan fingerprint density at radius 2 is 1.81 bits per heavy atom. The van der Waals surface area contributed by atoms with Crippen LogP contribution in [0.1, 0.15) is 22.8 Å². The molecule has 6 heteroatoms. The van der Waals surface area contributed by atoms with Crippen molar-refractivity contribution in [2.75, 3.05) is 32.7 Å². The third kappa shape index (κ3) is 3.51. The number of nitrogens with one attached hydrogen (secondary N) is 1. The smallest absolute Gasteiger partial charge is 0.317 e. The molecule has 1 N–H and O–H groups in total. The highest BCUT2D eigenvalue weighted by Gasteiger charge is 2.24. The van der Waals surface area contributed by atoms with Crippen LogP contribution in [0.15, 0.2) is 18.2 Å². The number of piperazine rings is 1. The van der Waals surface area contributed by atoms with Gasteiger partial charge in [0, 0.05) is 38.3 Å². The van der Waals surface area contributed by atoms with Gasteiger partial charge >= 0.3 is 6.03 Å². The average molecular weight is 293 g/mol. The number of nitrogens with zero attached hydrogens (tertiary/aromatic N) is 2. The molecule has 0 aromatic heterocycles. The minimum Gasteiger partial charge on any atom is -0.338 e. The van der Waals surface area contributed by atoms with Gasteiger partial charge in [-0.25, -0.2) is 9.18 Å². The van der Waals surface area contributed by atoms with E-state index >= 15 is 0 Å². The van der Waals surface area contributed by atoms with Crippen LogP contribution in [0.2, 0.25) is 0 Å². The molecular formula is C15H20FN3O2. The van der Waals surface area contributed by atoms with E-state index in [4.69, 9.17) is 0 Å². The Balaban J connectivity index is 1.97. The summed E-state index contributed by atoms with van der Waals surface area (Å²) in [5, 5.41) is 2.75. The van der Waals surface area contributed by atoms with E-state index in [2.05, 4.69) is 5.32 Å². The van der Waals surface area contributed by atoms with E-state index in [9.17, 15) is 14.0 Å². The number of hydrogen-bond donors (Lipinski definition) is 1. The van der Waals surface area contributed by atoms with Gasteiger partial charge in [-0.05, 0) is 37.6 Å². The molecule has 1 heterocycles. The van der Waals surface area contributed by atoms with Crippen molar-refractivity contribution in [1.29, 1.82) is 0 Å². The predicted octanol–water partition coefficient (Wildman–Crippen LogP) is 1.62. The number of hydrogen-bond acceptors (Lipinski definition) is 2. The lowest BCUT2D eigenvalue weighted by Gasteiger charge is -2.34. The quantitative estimate of drug-likeness (QED) is 0.901. The minimum atomic E-state index is -0.312. The third-order valence-electron chi connectivity index (χ3n) is 3.59. The van der Waals surface area contributed by atoms with Crippen molar-refractivity contribution in [2.45, 2.75) is 13.8 Å². The maximum absolute atomic E-state index is 13.2. The highest BCUT2D eigenvalue weighted by atomic mass is 19.1. The maximum Gasteiger partial charge on any atom is 0.317 e. The highest BCUT2D eigenvalue weighted by Crippen LogP contribution is 2.13. The number of carbonyl (C=O) groups excluding carboxylic acids is 2. The largest absolute Gasteiger partial charge is 0.338 e. The maximum atomic E-state index is 13.2. The molecule has 0 saturated carbocycles. The van der Waals surface area contributed by atoms with Gasteiger partial charge in [-0.1, -0.05) is 0 Å². The topological polar surface area (TPSA) is 52.7 Å². The fourth-order valence-electron chi connectivity index (χ4n) is 2.34. The summed E-state index contributed by atoms with van der Waals surface area (Å²) in [6, 6.07) is 4.28. The van der Waals surface area contributed by atoms with E-state index in [1.54, 1.807) is 22.8 Å². The lowest BCUT2D eigenvalue weighted by atomic mass is 10.1. The Hall–Kier alpha value is -2.11. The normalized spacial score (nSPS) is 15.0. The first-order chi connectivity index (χ1) is 10.0. The van der Waals surface area contributed by atoms with Crippen LogP contribution in [-0.2, 0) is 0 Å². The zero-order chi connectivity index (χ0) is 15.4. The molecule has 0 atom stereocenters. The molecule has 1 aliphatic heterocycles. The standard InChI is InChI=1S/C15H20FN3O2/c1-3-17-15(21)19-8-6-18(7-9-19)14(20)12-4-5-13(16)11(2)10-12/h4-5,10H,3,6-9H2,1-2H3,(H,17,21). The van der Waals surface area contributed by atoms with Crippen molar-refractivity contribution < 1.29 is 14.0 Å². The number of amides is 3. The number of rotatable bonds is 2. The van der Waals surface area contributed by atoms with Crippen LogP contribution in [0.5, 0.6) is 0 Å². The van der Waals surface area contributed by atoms with Gasteiger partial charge in [-0.15, -0.1) is 0 Å². The first-order valence-corrected chi connectivity index (χ1v) is 7.11.